The number of ether oxygens (including phenoxy) is 2. The predicted octanol–water partition coefficient (Wildman–Crippen LogP) is 12.7. The summed E-state index contributed by atoms with van der Waals surface area (Å²) in [6.45, 7) is 26.4. The summed E-state index contributed by atoms with van der Waals surface area (Å²) in [4.78, 5) is 49.7. The molecule has 0 amide bonds. The molecule has 2 aliphatic rings. The van der Waals surface area contributed by atoms with Crippen LogP contribution in [-0.2, 0) is 4.79 Å². The van der Waals surface area contributed by atoms with E-state index in [-0.39, 0.29) is 49.6 Å². The molecule has 0 atom stereocenters. The number of phenols is 1. The number of carboxylic acid groups (broad SMARTS) is 1. The second kappa shape index (κ2) is 20.4. The van der Waals surface area contributed by atoms with E-state index in [4.69, 9.17) is 14.6 Å². The maximum atomic E-state index is 14.4. The van der Waals surface area contributed by atoms with Crippen LogP contribution < -0.4 is 9.47 Å². The molecule has 11 heteroatoms. The van der Waals surface area contributed by atoms with Crippen molar-refractivity contribution in [1.29, 1.82) is 0 Å². The molecule has 0 aliphatic heterocycles. The van der Waals surface area contributed by atoms with Crippen LogP contribution in [0.2, 0.25) is 0 Å². The number of carboxylic acids is 1. The van der Waals surface area contributed by atoms with Gasteiger partial charge in [0.05, 0.1) is 5.56 Å². The second-order valence-electron chi connectivity index (χ2n) is 14.8. The lowest BCUT2D eigenvalue weighted by molar-refractivity contribution is -0.149. The molecular weight excluding hydrogens is 810 g/mol. The minimum atomic E-state index is -3.06. The third-order valence-electron chi connectivity index (χ3n) is 11.2. The van der Waals surface area contributed by atoms with Crippen LogP contribution >= 0.6 is 15.9 Å². The van der Waals surface area contributed by atoms with Crippen LogP contribution in [0.25, 0.3) is 0 Å². The first-order valence-electron chi connectivity index (χ1n) is 19.5. The highest BCUT2D eigenvalue weighted by Crippen LogP contribution is 2.48. The first-order valence-corrected chi connectivity index (χ1v) is 20.3. The lowest BCUT2D eigenvalue weighted by Crippen LogP contribution is -2.44. The van der Waals surface area contributed by atoms with Gasteiger partial charge in [-0.15, -0.1) is 0 Å². The zero-order valence-corrected chi connectivity index (χ0v) is 38.2. The number of Topliss-reactive ketones (excluding diaryl/α,β-unsaturated/α-hetero) is 1. The molecule has 0 radical (unpaired) electrons. The van der Waals surface area contributed by atoms with Crippen LogP contribution in [0.15, 0.2) is 33.8 Å². The number of phenolic OH excluding ortho intramolecular Hbond substituents is 1. The topological polar surface area (TPSA) is 127 Å². The normalized spacial score (nSPS) is 13.6. The molecule has 5 rings (SSSR count). The lowest BCUT2D eigenvalue weighted by atomic mass is 9.72. The Bertz CT molecular complexity index is 2100. The Balaban J connectivity index is 0.000000501. The standard InChI is InChI=1S/C30H31BrF2O6.C12H16O2.C3H6.C2H6/c1-13-12-21(16(4)17(5)22(13)20(8)34)38-27(36)23-18(6)19(7)26(24(31)25(23)35)39-29(37)30(28(32)33)14(2)10-9-11-15(30)3;1-6-7(2)9(4)11(12(13)14)10(5)8(6)3;1-2-3-1;1-2/h10-12,28,35H,9H2,1-8H3;1-5H3,(H,13,14);1-3H2;1-2H3. The number of carbonyl (C=O) groups is 4. The number of aromatic carboxylic acids is 1. The number of rotatable bonds is 7. The largest absolute Gasteiger partial charge is 0.506 e. The van der Waals surface area contributed by atoms with Gasteiger partial charge in [0, 0.05) is 5.56 Å². The molecule has 316 valence electrons. The number of aromatic hydroxyl groups is 1. The monoisotopic (exact) mass is 868 g/mol. The van der Waals surface area contributed by atoms with Gasteiger partial charge in [0.15, 0.2) is 16.9 Å². The van der Waals surface area contributed by atoms with E-state index < -0.39 is 35.5 Å². The summed E-state index contributed by atoms with van der Waals surface area (Å²) in [6.07, 6.45) is 4.97. The Hall–Kier alpha value is -4.64. The molecule has 0 unspecified atom stereocenters. The molecule has 1 fully saturated rings. The first kappa shape index (κ1) is 49.5. The molecule has 3 aromatic carbocycles. The highest BCUT2D eigenvalue weighted by atomic mass is 79.9. The van der Waals surface area contributed by atoms with Crippen LogP contribution in [0, 0.1) is 74.7 Å². The lowest BCUT2D eigenvalue weighted by Gasteiger charge is -2.35. The van der Waals surface area contributed by atoms with Crippen LogP contribution in [0.1, 0.15) is 147 Å². The van der Waals surface area contributed by atoms with Gasteiger partial charge >= 0.3 is 17.9 Å². The van der Waals surface area contributed by atoms with Crippen LogP contribution in [-0.4, -0.2) is 40.3 Å². The van der Waals surface area contributed by atoms with Crippen LogP contribution in [0.3, 0.4) is 0 Å². The van der Waals surface area contributed by atoms with Gasteiger partial charge in [-0.1, -0.05) is 45.3 Å². The Kier molecular flexibility index (Phi) is 17.4. The van der Waals surface area contributed by atoms with E-state index >= 15 is 0 Å². The number of carbonyl (C=O) groups excluding carboxylic acids is 3. The van der Waals surface area contributed by atoms with Crippen molar-refractivity contribution in [3.63, 3.8) is 0 Å². The molecular formula is C47H59BrF2O8. The van der Waals surface area contributed by atoms with E-state index in [1.165, 1.54) is 52.5 Å². The van der Waals surface area contributed by atoms with Gasteiger partial charge in [-0.25, -0.2) is 18.4 Å². The zero-order chi connectivity index (χ0) is 44.7. The average Bonchev–Trinajstić information content (AvgIpc) is 4.04. The molecule has 0 aromatic heterocycles. The molecule has 0 spiro atoms. The van der Waals surface area contributed by atoms with Gasteiger partial charge in [-0.2, -0.15) is 0 Å². The maximum Gasteiger partial charge on any atom is 0.347 e. The highest BCUT2D eigenvalue weighted by molar-refractivity contribution is 9.10. The van der Waals surface area contributed by atoms with Gasteiger partial charge in [-0.05, 0) is 185 Å². The smallest absolute Gasteiger partial charge is 0.347 e. The second-order valence-corrected chi connectivity index (χ2v) is 15.5. The van der Waals surface area contributed by atoms with Crippen molar-refractivity contribution in [2.24, 2.45) is 5.41 Å². The van der Waals surface area contributed by atoms with Crippen molar-refractivity contribution >= 4 is 39.6 Å². The molecule has 0 heterocycles. The Morgan fingerprint density at radius 3 is 1.52 bits per heavy atom. The van der Waals surface area contributed by atoms with E-state index in [9.17, 15) is 33.1 Å². The molecule has 0 saturated heterocycles. The van der Waals surface area contributed by atoms with E-state index in [0.717, 1.165) is 22.3 Å². The summed E-state index contributed by atoms with van der Waals surface area (Å²) in [7, 11) is 0. The number of ketones is 1. The maximum absolute atomic E-state index is 14.4. The molecule has 0 bridgehead atoms. The molecule has 8 nitrogen and oxygen atoms in total. The van der Waals surface area contributed by atoms with E-state index in [2.05, 4.69) is 15.9 Å². The highest BCUT2D eigenvalue weighted by Gasteiger charge is 2.53. The number of halogens is 3. The van der Waals surface area contributed by atoms with Gasteiger partial charge in [-0.3, -0.25) is 9.59 Å². The van der Waals surface area contributed by atoms with Crippen LogP contribution in [0.4, 0.5) is 8.78 Å². The number of allylic oxidation sites excluding steroid dienone is 2. The Labute approximate surface area is 350 Å². The Morgan fingerprint density at radius 1 is 0.672 bits per heavy atom. The number of hydrogen-bond acceptors (Lipinski definition) is 7. The fourth-order valence-electron chi connectivity index (χ4n) is 6.93. The summed E-state index contributed by atoms with van der Waals surface area (Å²) < 4.78 is 39.8. The summed E-state index contributed by atoms with van der Waals surface area (Å²) in [5, 5.41) is 20.1. The van der Waals surface area contributed by atoms with Gasteiger partial charge in [0.1, 0.15) is 21.5 Å². The van der Waals surface area contributed by atoms with Gasteiger partial charge < -0.3 is 19.7 Å². The van der Waals surface area contributed by atoms with Crippen molar-refractivity contribution in [2.75, 3.05) is 0 Å². The van der Waals surface area contributed by atoms with Gasteiger partial charge in [0.25, 0.3) is 6.43 Å². The van der Waals surface area contributed by atoms with E-state index in [0.29, 0.717) is 34.2 Å². The summed E-state index contributed by atoms with van der Waals surface area (Å²) in [6, 6.07) is 1.58. The molecule has 2 N–H and O–H groups in total. The Morgan fingerprint density at radius 2 is 1.10 bits per heavy atom. The zero-order valence-electron chi connectivity index (χ0n) is 36.6. The van der Waals surface area contributed by atoms with Crippen molar-refractivity contribution in [2.45, 2.75) is 136 Å². The van der Waals surface area contributed by atoms with Crippen molar-refractivity contribution in [1.82, 2.24) is 0 Å². The summed E-state index contributed by atoms with van der Waals surface area (Å²) >= 11 is 3.18. The first-order chi connectivity index (χ1) is 27.0. The van der Waals surface area contributed by atoms with Crippen molar-refractivity contribution in [3.8, 4) is 17.2 Å². The van der Waals surface area contributed by atoms with Crippen LogP contribution in [0.5, 0.6) is 17.2 Å². The van der Waals surface area contributed by atoms with E-state index in [1.54, 1.807) is 45.9 Å². The molecule has 3 aromatic rings. The number of benzene rings is 3. The van der Waals surface area contributed by atoms with Crippen molar-refractivity contribution < 1.29 is 47.6 Å². The summed E-state index contributed by atoms with van der Waals surface area (Å²) in [5.41, 5.74) is 6.49. The van der Waals surface area contributed by atoms with Gasteiger partial charge in [0.2, 0.25) is 0 Å². The SMILES string of the molecule is C1CC1.CC.CC(=O)c1c(C)cc(OC(=O)c2c(C)c(C)c(OC(=O)C3(C(F)F)C(C)=CCC=C3C)c(Br)c2O)c(C)c1C.Cc1c(C)c(C)c(C(=O)O)c(C)c1C. The summed E-state index contributed by atoms with van der Waals surface area (Å²) in [5.74, 6) is -3.52. The molecule has 1 saturated carbocycles. The third-order valence-corrected chi connectivity index (χ3v) is 12.0. The predicted molar refractivity (Wildman–Crippen MR) is 229 cm³/mol. The number of esters is 2. The minimum absolute atomic E-state index is 0.109. The number of alkyl halides is 2. The molecule has 58 heavy (non-hydrogen) atoms. The quantitative estimate of drug-likeness (QED) is 0.104. The van der Waals surface area contributed by atoms with E-state index in [1.807, 2.05) is 48.5 Å². The fraction of sp³-hybridized carbons (Fsp3) is 0.447. The average molecular weight is 870 g/mol. The third kappa shape index (κ3) is 9.96. The minimum Gasteiger partial charge on any atom is -0.506 e. The fourth-order valence-corrected chi connectivity index (χ4v) is 7.50. The number of hydrogen-bond donors (Lipinski definition) is 2. The molecule has 2 aliphatic carbocycles. The van der Waals surface area contributed by atoms with Crippen molar-refractivity contribution in [3.05, 3.63) is 106 Å². The number of aryl methyl sites for hydroxylation is 1.